The molecular formula is C23H21N5O3. The Morgan fingerprint density at radius 2 is 1.71 bits per heavy atom. The molecule has 0 bridgehead atoms. The lowest BCUT2D eigenvalue weighted by molar-refractivity contribution is 0.0827. The van der Waals surface area contributed by atoms with Gasteiger partial charge in [-0.2, -0.15) is 0 Å². The molecule has 0 atom stereocenters. The molecule has 0 unspecified atom stereocenters. The number of carbonyl (C=O) groups excluding carboxylic acids is 1. The first-order chi connectivity index (χ1) is 15.0. The number of carbonyl (C=O) groups is 1. The van der Waals surface area contributed by atoms with Gasteiger partial charge in [0.2, 0.25) is 0 Å². The van der Waals surface area contributed by atoms with Crippen molar-refractivity contribution >= 4 is 5.91 Å². The molecule has 31 heavy (non-hydrogen) atoms. The molecule has 0 aliphatic rings. The molecule has 0 fully saturated rings. The first-order valence-electron chi connectivity index (χ1n) is 9.61. The summed E-state index contributed by atoms with van der Waals surface area (Å²) in [5.74, 6) is 1.19. The lowest BCUT2D eigenvalue weighted by atomic mass is 10.1. The second-order valence-electron chi connectivity index (χ2n) is 7.08. The van der Waals surface area contributed by atoms with Crippen LogP contribution in [-0.4, -0.2) is 52.2 Å². The average Bonchev–Trinajstić information content (AvgIpc) is 3.29. The van der Waals surface area contributed by atoms with Crippen molar-refractivity contribution in [3.8, 4) is 40.0 Å². The lowest BCUT2D eigenvalue weighted by Crippen LogP contribution is -2.21. The van der Waals surface area contributed by atoms with Gasteiger partial charge in [-0.25, -0.2) is 4.98 Å². The van der Waals surface area contributed by atoms with Crippen LogP contribution < -0.4 is 4.74 Å². The molecule has 4 rings (SSSR count). The molecule has 2 aromatic carbocycles. The largest absolute Gasteiger partial charge is 0.496 e. The number of aryl methyl sites for hydroxylation is 1. The minimum absolute atomic E-state index is 0.0584. The Hall–Kier alpha value is -4.07. The van der Waals surface area contributed by atoms with Crippen molar-refractivity contribution in [3.05, 3.63) is 66.0 Å². The van der Waals surface area contributed by atoms with Crippen molar-refractivity contribution in [2.75, 3.05) is 21.2 Å². The van der Waals surface area contributed by atoms with E-state index in [0.717, 1.165) is 5.56 Å². The highest BCUT2D eigenvalue weighted by molar-refractivity contribution is 5.94. The third kappa shape index (κ3) is 4.00. The third-order valence-corrected chi connectivity index (χ3v) is 4.75. The number of hydrogen-bond acceptors (Lipinski definition) is 7. The summed E-state index contributed by atoms with van der Waals surface area (Å²) < 4.78 is 11.3. The van der Waals surface area contributed by atoms with Crippen molar-refractivity contribution in [2.45, 2.75) is 6.92 Å². The molecule has 0 saturated carbocycles. The van der Waals surface area contributed by atoms with Crippen LogP contribution in [0.4, 0.5) is 0 Å². The topological polar surface area (TPSA) is 94.2 Å². The first kappa shape index (κ1) is 20.2. The van der Waals surface area contributed by atoms with E-state index >= 15 is 0 Å². The monoisotopic (exact) mass is 415 g/mol. The van der Waals surface area contributed by atoms with Crippen molar-refractivity contribution in [3.63, 3.8) is 0 Å². The highest BCUT2D eigenvalue weighted by atomic mass is 16.5. The van der Waals surface area contributed by atoms with Gasteiger partial charge in [-0.1, -0.05) is 24.3 Å². The lowest BCUT2D eigenvalue weighted by Gasteiger charge is -2.10. The molecule has 0 saturated heterocycles. The van der Waals surface area contributed by atoms with Crippen molar-refractivity contribution in [2.24, 2.45) is 0 Å². The maximum absolute atomic E-state index is 12.1. The zero-order valence-corrected chi connectivity index (χ0v) is 17.7. The maximum atomic E-state index is 12.1. The van der Waals surface area contributed by atoms with Crippen LogP contribution in [0.5, 0.6) is 5.75 Å². The van der Waals surface area contributed by atoms with Crippen LogP contribution in [0.3, 0.4) is 0 Å². The summed E-state index contributed by atoms with van der Waals surface area (Å²) in [6, 6.07) is 14.6. The van der Waals surface area contributed by atoms with Crippen molar-refractivity contribution in [1.82, 2.24) is 25.1 Å². The summed E-state index contributed by atoms with van der Waals surface area (Å²) in [5, 5.41) is 8.32. The molecule has 2 heterocycles. The fourth-order valence-corrected chi connectivity index (χ4v) is 3.08. The molecule has 1 amide bonds. The highest BCUT2D eigenvalue weighted by Gasteiger charge is 2.18. The van der Waals surface area contributed by atoms with Crippen LogP contribution in [0.2, 0.25) is 0 Å². The molecular weight excluding hydrogens is 394 g/mol. The minimum atomic E-state index is -0.0584. The number of methoxy groups -OCH3 is 1. The van der Waals surface area contributed by atoms with E-state index < -0.39 is 0 Å². The fourth-order valence-electron chi connectivity index (χ4n) is 3.08. The number of rotatable bonds is 5. The quantitative estimate of drug-likeness (QED) is 0.488. The van der Waals surface area contributed by atoms with Crippen LogP contribution in [0.1, 0.15) is 16.1 Å². The van der Waals surface area contributed by atoms with Gasteiger partial charge in [-0.05, 0) is 31.2 Å². The smallest absolute Gasteiger partial charge is 0.268 e. The van der Waals surface area contributed by atoms with Gasteiger partial charge in [0, 0.05) is 25.2 Å². The number of amides is 1. The number of para-hydroxylation sites is 1. The number of ether oxygens (including phenoxy) is 1. The maximum Gasteiger partial charge on any atom is 0.268 e. The Balaban J connectivity index is 1.68. The number of benzene rings is 2. The molecule has 8 heteroatoms. The van der Waals surface area contributed by atoms with Crippen LogP contribution in [0.15, 0.2) is 59.1 Å². The normalized spacial score (nSPS) is 10.7. The van der Waals surface area contributed by atoms with Gasteiger partial charge >= 0.3 is 0 Å². The Kier molecular flexibility index (Phi) is 5.44. The van der Waals surface area contributed by atoms with E-state index in [9.17, 15) is 4.79 Å². The highest BCUT2D eigenvalue weighted by Crippen LogP contribution is 2.31. The second-order valence-corrected chi connectivity index (χ2v) is 7.08. The van der Waals surface area contributed by atoms with Crippen LogP contribution >= 0.6 is 0 Å². The van der Waals surface area contributed by atoms with E-state index in [4.69, 9.17) is 9.15 Å². The summed E-state index contributed by atoms with van der Waals surface area (Å²) in [6.45, 7) is 1.83. The molecule has 0 spiro atoms. The molecule has 0 aliphatic carbocycles. The van der Waals surface area contributed by atoms with E-state index in [1.807, 2.05) is 43.3 Å². The van der Waals surface area contributed by atoms with E-state index in [2.05, 4.69) is 20.2 Å². The third-order valence-electron chi connectivity index (χ3n) is 4.75. The summed E-state index contributed by atoms with van der Waals surface area (Å²) in [7, 11) is 5.03. The molecule has 2 aromatic heterocycles. The summed E-state index contributed by atoms with van der Waals surface area (Å²) >= 11 is 0. The Labute approximate surface area is 179 Å². The molecule has 0 N–H and O–H groups in total. The van der Waals surface area contributed by atoms with Gasteiger partial charge in [-0.3, -0.25) is 9.78 Å². The molecule has 156 valence electrons. The van der Waals surface area contributed by atoms with Crippen LogP contribution in [0, 0.1) is 6.92 Å². The second kappa shape index (κ2) is 8.35. The summed E-state index contributed by atoms with van der Waals surface area (Å²) in [6.07, 6.45) is 1.68. The van der Waals surface area contributed by atoms with Crippen molar-refractivity contribution < 1.29 is 13.9 Å². The van der Waals surface area contributed by atoms with Crippen molar-refractivity contribution in [1.29, 1.82) is 0 Å². The van der Waals surface area contributed by atoms with Gasteiger partial charge in [0.1, 0.15) is 11.4 Å². The first-order valence-corrected chi connectivity index (χ1v) is 9.61. The summed E-state index contributed by atoms with van der Waals surface area (Å²) in [5.41, 5.74) is 3.94. The van der Waals surface area contributed by atoms with Gasteiger partial charge in [0.15, 0.2) is 0 Å². The van der Waals surface area contributed by atoms with E-state index in [-0.39, 0.29) is 11.8 Å². The number of nitrogens with zero attached hydrogens (tertiary/aromatic N) is 5. The van der Waals surface area contributed by atoms with E-state index in [1.165, 1.54) is 4.90 Å². The zero-order chi connectivity index (χ0) is 22.0. The Morgan fingerprint density at radius 3 is 2.42 bits per heavy atom. The van der Waals surface area contributed by atoms with Gasteiger partial charge < -0.3 is 14.1 Å². The molecule has 0 radical (unpaired) electrons. The number of hydrogen-bond donors (Lipinski definition) is 0. The van der Waals surface area contributed by atoms with Gasteiger partial charge in [-0.15, -0.1) is 10.2 Å². The average molecular weight is 415 g/mol. The standard InChI is InChI=1S/C23H21N5O3/c1-14-20(22-27-26-21(31-22)17-7-5-6-8-19(17)30-4)25-18(13-24-14)15-9-11-16(12-10-15)23(29)28(2)3/h5-13H,1-4H3. The minimum Gasteiger partial charge on any atom is -0.496 e. The SMILES string of the molecule is COc1ccccc1-c1nnc(-c2nc(-c3ccc(C(=O)N(C)C)cc3)cnc2C)o1. The molecule has 0 aliphatic heterocycles. The fraction of sp³-hybridized carbons (Fsp3) is 0.174. The molecule has 4 aromatic rings. The van der Waals surface area contributed by atoms with Crippen LogP contribution in [-0.2, 0) is 0 Å². The predicted octanol–water partition coefficient (Wildman–Crippen LogP) is 3.88. The van der Waals surface area contributed by atoms with Gasteiger partial charge in [0.25, 0.3) is 17.7 Å². The molecule has 8 nitrogen and oxygen atoms in total. The van der Waals surface area contributed by atoms with Gasteiger partial charge in [0.05, 0.1) is 30.3 Å². The number of aromatic nitrogens is 4. The zero-order valence-electron chi connectivity index (χ0n) is 17.7. The Morgan fingerprint density at radius 1 is 1.00 bits per heavy atom. The summed E-state index contributed by atoms with van der Waals surface area (Å²) in [4.78, 5) is 22.8. The van der Waals surface area contributed by atoms with E-state index in [1.54, 1.807) is 39.5 Å². The van der Waals surface area contributed by atoms with E-state index in [0.29, 0.717) is 39.8 Å². The predicted molar refractivity (Wildman–Crippen MR) is 116 cm³/mol. The van der Waals surface area contributed by atoms with Crippen LogP contribution in [0.25, 0.3) is 34.3 Å². The Bertz CT molecular complexity index is 1230.